The minimum atomic E-state index is -0.999. The Balaban J connectivity index is 3.01. The highest BCUT2D eigenvalue weighted by molar-refractivity contribution is 5.71. The number of hydrogen-bond acceptors (Lipinski definition) is 2. The zero-order valence-electron chi connectivity index (χ0n) is 8.30. The number of aromatic nitrogens is 2. The van der Waals surface area contributed by atoms with E-state index in [9.17, 15) is 9.59 Å². The number of aliphatic carboxylic acids is 1. The van der Waals surface area contributed by atoms with Crippen molar-refractivity contribution in [3.8, 4) is 0 Å². The predicted octanol–water partition coefficient (Wildman–Crippen LogP) is 0.705. The summed E-state index contributed by atoms with van der Waals surface area (Å²) in [5.41, 5.74) is -0.262. The van der Waals surface area contributed by atoms with Crippen LogP contribution in [0.25, 0.3) is 0 Å². The molecule has 78 valence electrons. The lowest BCUT2D eigenvalue weighted by atomic mass is 10.3. The summed E-state index contributed by atoms with van der Waals surface area (Å²) >= 11 is 0. The molecule has 0 saturated heterocycles. The first-order chi connectivity index (χ1) is 6.57. The van der Waals surface area contributed by atoms with Gasteiger partial charge in [0.25, 0.3) is 0 Å². The first-order valence-electron chi connectivity index (χ1n) is 4.58. The van der Waals surface area contributed by atoms with Crippen molar-refractivity contribution in [3.05, 3.63) is 22.9 Å². The molecule has 5 heteroatoms. The van der Waals surface area contributed by atoms with Crippen molar-refractivity contribution in [2.24, 2.45) is 0 Å². The van der Waals surface area contributed by atoms with Gasteiger partial charge in [-0.1, -0.05) is 6.92 Å². The number of nitrogens with zero attached hydrogens (tertiary/aromatic N) is 2. The van der Waals surface area contributed by atoms with E-state index in [1.807, 2.05) is 6.92 Å². The topological polar surface area (TPSA) is 64.2 Å². The molecule has 0 aliphatic rings. The zero-order valence-corrected chi connectivity index (χ0v) is 8.30. The van der Waals surface area contributed by atoms with Gasteiger partial charge < -0.3 is 5.11 Å². The third-order valence-electron chi connectivity index (χ3n) is 2.11. The molecular formula is C9H14N2O3. The van der Waals surface area contributed by atoms with Crippen molar-refractivity contribution in [1.29, 1.82) is 0 Å². The molecule has 0 amide bonds. The molecule has 0 aliphatic heterocycles. The van der Waals surface area contributed by atoms with E-state index in [1.54, 1.807) is 6.20 Å². The first-order valence-corrected chi connectivity index (χ1v) is 4.58. The molecule has 5 nitrogen and oxygen atoms in total. The van der Waals surface area contributed by atoms with E-state index in [0.717, 1.165) is 6.42 Å². The van der Waals surface area contributed by atoms with Gasteiger partial charge in [-0.2, -0.15) is 0 Å². The molecule has 0 saturated carbocycles. The Morgan fingerprint density at radius 1 is 1.57 bits per heavy atom. The Morgan fingerprint density at radius 3 is 2.71 bits per heavy atom. The second-order valence-corrected chi connectivity index (χ2v) is 3.20. The van der Waals surface area contributed by atoms with Gasteiger partial charge in [0.15, 0.2) is 0 Å². The summed E-state index contributed by atoms with van der Waals surface area (Å²) in [6.45, 7) is 4.07. The summed E-state index contributed by atoms with van der Waals surface area (Å²) in [6, 6.07) is -0.805. The van der Waals surface area contributed by atoms with E-state index in [1.165, 1.54) is 22.3 Å². The molecule has 1 aromatic rings. The fraction of sp³-hybridized carbons (Fsp3) is 0.556. The molecule has 0 spiro atoms. The average Bonchev–Trinajstić information content (AvgIpc) is 2.48. The summed E-state index contributed by atoms with van der Waals surface area (Å²) in [5.74, 6) is -0.999. The maximum atomic E-state index is 11.6. The normalized spacial score (nSPS) is 12.7. The fourth-order valence-corrected chi connectivity index (χ4v) is 1.25. The van der Waals surface area contributed by atoms with E-state index < -0.39 is 12.0 Å². The van der Waals surface area contributed by atoms with Gasteiger partial charge in [-0.15, -0.1) is 0 Å². The van der Waals surface area contributed by atoms with Crippen LogP contribution in [0.15, 0.2) is 17.2 Å². The van der Waals surface area contributed by atoms with Gasteiger partial charge in [-0.3, -0.25) is 9.13 Å². The molecule has 0 fully saturated rings. The van der Waals surface area contributed by atoms with Crippen LogP contribution in [-0.4, -0.2) is 20.2 Å². The van der Waals surface area contributed by atoms with E-state index in [4.69, 9.17) is 5.11 Å². The molecule has 14 heavy (non-hydrogen) atoms. The highest BCUT2D eigenvalue weighted by Crippen LogP contribution is 2.01. The molecule has 0 radical (unpaired) electrons. The van der Waals surface area contributed by atoms with Crippen molar-refractivity contribution in [3.63, 3.8) is 0 Å². The van der Waals surface area contributed by atoms with Crippen molar-refractivity contribution < 1.29 is 9.90 Å². The van der Waals surface area contributed by atoms with Crippen molar-refractivity contribution >= 4 is 5.97 Å². The second-order valence-electron chi connectivity index (χ2n) is 3.20. The van der Waals surface area contributed by atoms with Crippen LogP contribution in [-0.2, 0) is 11.3 Å². The van der Waals surface area contributed by atoms with Crippen LogP contribution in [0.1, 0.15) is 26.3 Å². The lowest BCUT2D eigenvalue weighted by Gasteiger charge is -2.05. The van der Waals surface area contributed by atoms with Gasteiger partial charge in [-0.25, -0.2) is 9.59 Å². The second kappa shape index (κ2) is 4.13. The molecule has 0 bridgehead atoms. The van der Waals surface area contributed by atoms with Gasteiger partial charge >= 0.3 is 11.7 Å². The Labute approximate surface area is 81.6 Å². The number of rotatable bonds is 4. The zero-order chi connectivity index (χ0) is 10.7. The molecule has 1 aromatic heterocycles. The van der Waals surface area contributed by atoms with Gasteiger partial charge in [0.2, 0.25) is 0 Å². The van der Waals surface area contributed by atoms with Crippen LogP contribution in [0.2, 0.25) is 0 Å². The largest absolute Gasteiger partial charge is 0.480 e. The molecule has 1 atom stereocenters. The van der Waals surface area contributed by atoms with Gasteiger partial charge in [0.05, 0.1) is 0 Å². The maximum absolute atomic E-state index is 11.6. The number of aryl methyl sites for hydroxylation is 1. The molecule has 1 rings (SSSR count). The molecule has 0 aromatic carbocycles. The van der Waals surface area contributed by atoms with Crippen LogP contribution in [0.5, 0.6) is 0 Å². The third kappa shape index (κ3) is 1.86. The van der Waals surface area contributed by atoms with Crippen molar-refractivity contribution in [2.75, 3.05) is 0 Å². The summed E-state index contributed by atoms with van der Waals surface area (Å²) < 4.78 is 2.73. The monoisotopic (exact) mass is 198 g/mol. The van der Waals surface area contributed by atoms with Crippen LogP contribution in [0, 0.1) is 0 Å². The number of carboxylic acids is 1. The Hall–Kier alpha value is -1.52. The first kappa shape index (κ1) is 10.6. The van der Waals surface area contributed by atoms with Crippen molar-refractivity contribution in [2.45, 2.75) is 32.9 Å². The van der Waals surface area contributed by atoms with E-state index in [2.05, 4.69) is 0 Å². The minimum absolute atomic E-state index is 0.262. The minimum Gasteiger partial charge on any atom is -0.480 e. The van der Waals surface area contributed by atoms with E-state index in [-0.39, 0.29) is 5.69 Å². The maximum Gasteiger partial charge on any atom is 0.328 e. The quantitative estimate of drug-likeness (QED) is 0.774. The summed E-state index contributed by atoms with van der Waals surface area (Å²) in [4.78, 5) is 22.2. The highest BCUT2D eigenvalue weighted by atomic mass is 16.4. The van der Waals surface area contributed by atoms with Gasteiger partial charge in [-0.05, 0) is 13.3 Å². The highest BCUT2D eigenvalue weighted by Gasteiger charge is 2.15. The van der Waals surface area contributed by atoms with E-state index in [0.29, 0.717) is 6.54 Å². The molecule has 1 unspecified atom stereocenters. The lowest BCUT2D eigenvalue weighted by molar-refractivity contribution is -0.140. The smallest absolute Gasteiger partial charge is 0.328 e. The number of hydrogen-bond donors (Lipinski definition) is 1. The number of carboxylic acid groups (broad SMARTS) is 1. The Bertz CT molecular complexity index is 378. The van der Waals surface area contributed by atoms with Crippen LogP contribution < -0.4 is 5.69 Å². The Morgan fingerprint density at radius 2 is 2.21 bits per heavy atom. The molecule has 1 heterocycles. The Kier molecular flexibility index (Phi) is 3.11. The lowest BCUT2D eigenvalue weighted by Crippen LogP contribution is -2.29. The average molecular weight is 198 g/mol. The molecule has 1 N–H and O–H groups in total. The van der Waals surface area contributed by atoms with Gasteiger partial charge in [0.1, 0.15) is 6.04 Å². The number of carbonyl (C=O) groups is 1. The SMILES string of the molecule is CCCn1ccn(C(C)C(=O)O)c1=O. The molecule has 0 aliphatic carbocycles. The third-order valence-corrected chi connectivity index (χ3v) is 2.11. The summed E-state index contributed by atoms with van der Waals surface area (Å²) in [5, 5.41) is 8.73. The van der Waals surface area contributed by atoms with Gasteiger partial charge in [0, 0.05) is 18.9 Å². The standard InChI is InChI=1S/C9H14N2O3/c1-3-4-10-5-6-11(9(10)14)7(2)8(12)13/h5-7H,3-4H2,1-2H3,(H,12,13). The summed E-state index contributed by atoms with van der Waals surface area (Å²) in [6.07, 6.45) is 3.98. The fourth-order valence-electron chi connectivity index (χ4n) is 1.25. The van der Waals surface area contributed by atoms with Crippen LogP contribution >= 0.6 is 0 Å². The summed E-state index contributed by atoms with van der Waals surface area (Å²) in [7, 11) is 0. The van der Waals surface area contributed by atoms with Crippen LogP contribution in [0.4, 0.5) is 0 Å². The van der Waals surface area contributed by atoms with E-state index >= 15 is 0 Å². The number of imidazole rings is 1. The van der Waals surface area contributed by atoms with Crippen molar-refractivity contribution in [1.82, 2.24) is 9.13 Å². The predicted molar refractivity (Wildman–Crippen MR) is 51.3 cm³/mol. The van der Waals surface area contributed by atoms with Crippen LogP contribution in [0.3, 0.4) is 0 Å². The molecular weight excluding hydrogens is 184 g/mol.